The Labute approximate surface area is 105 Å². The highest BCUT2D eigenvalue weighted by Crippen LogP contribution is 2.65. The Kier molecular flexibility index (Phi) is 2.42. The molecule has 3 aliphatic rings. The number of alkyl halides is 1. The first-order valence-corrected chi connectivity index (χ1v) is 7.50. The molecule has 92 valence electrons. The van der Waals surface area contributed by atoms with Gasteiger partial charge in [-0.1, -0.05) is 20.8 Å². The number of hydrogen-bond donors (Lipinski definition) is 0. The molecule has 5 atom stereocenters. The molecule has 3 aliphatic carbocycles. The Hall–Kier alpha value is 0.290. The van der Waals surface area contributed by atoms with Crippen LogP contribution >= 0.6 is 11.6 Å². The second kappa shape index (κ2) is 3.40. The van der Waals surface area contributed by atoms with Crippen LogP contribution in [0.2, 0.25) is 0 Å². The normalized spacial score (nSPS) is 54.8. The molecule has 0 spiro atoms. The fraction of sp³-hybridized carbons (Fsp3) is 1.00. The SMILES string of the molecule is CC1(C)C[C@H]2[C@H]1CC[C@H]1C[C@]2(C)CC[C@@H]1Cl. The van der Waals surface area contributed by atoms with Gasteiger partial charge in [0, 0.05) is 5.38 Å². The van der Waals surface area contributed by atoms with Crippen LogP contribution in [-0.4, -0.2) is 5.38 Å². The molecule has 0 aromatic rings. The summed E-state index contributed by atoms with van der Waals surface area (Å²) in [5, 5.41) is 0.480. The zero-order valence-corrected chi connectivity index (χ0v) is 11.7. The van der Waals surface area contributed by atoms with E-state index >= 15 is 0 Å². The second-order valence-electron chi connectivity index (χ2n) is 7.66. The van der Waals surface area contributed by atoms with Gasteiger partial charge in [-0.3, -0.25) is 0 Å². The molecule has 0 unspecified atom stereocenters. The van der Waals surface area contributed by atoms with Gasteiger partial charge in [-0.05, 0) is 67.1 Å². The number of halogens is 1. The Bertz CT molecular complexity index is 296. The first kappa shape index (κ1) is 11.4. The summed E-state index contributed by atoms with van der Waals surface area (Å²) in [5.41, 5.74) is 1.25. The Morgan fingerprint density at radius 3 is 2.38 bits per heavy atom. The van der Waals surface area contributed by atoms with Gasteiger partial charge in [-0.15, -0.1) is 11.6 Å². The van der Waals surface area contributed by atoms with Crippen molar-refractivity contribution in [2.75, 3.05) is 0 Å². The lowest BCUT2D eigenvalue weighted by Gasteiger charge is -2.59. The van der Waals surface area contributed by atoms with E-state index in [2.05, 4.69) is 20.8 Å². The number of rotatable bonds is 0. The van der Waals surface area contributed by atoms with Gasteiger partial charge in [0.25, 0.3) is 0 Å². The van der Waals surface area contributed by atoms with E-state index in [1.165, 1.54) is 38.5 Å². The molecule has 0 N–H and O–H groups in total. The topological polar surface area (TPSA) is 0 Å². The van der Waals surface area contributed by atoms with E-state index < -0.39 is 0 Å². The summed E-state index contributed by atoms with van der Waals surface area (Å²) in [7, 11) is 0. The van der Waals surface area contributed by atoms with E-state index in [-0.39, 0.29) is 0 Å². The average molecular weight is 241 g/mol. The third-order valence-electron chi connectivity index (χ3n) is 6.21. The van der Waals surface area contributed by atoms with Gasteiger partial charge in [0.15, 0.2) is 0 Å². The minimum absolute atomic E-state index is 0.480. The van der Waals surface area contributed by atoms with E-state index in [0.29, 0.717) is 16.2 Å². The van der Waals surface area contributed by atoms with Crippen LogP contribution in [0.5, 0.6) is 0 Å². The summed E-state index contributed by atoms with van der Waals surface area (Å²) < 4.78 is 0. The van der Waals surface area contributed by atoms with Crippen molar-refractivity contribution >= 4 is 11.6 Å². The molecule has 0 aromatic carbocycles. The first-order valence-electron chi connectivity index (χ1n) is 7.06. The van der Waals surface area contributed by atoms with Gasteiger partial charge < -0.3 is 0 Å². The molecule has 2 bridgehead atoms. The van der Waals surface area contributed by atoms with Gasteiger partial charge >= 0.3 is 0 Å². The maximum absolute atomic E-state index is 6.50. The van der Waals surface area contributed by atoms with Crippen LogP contribution in [0.1, 0.15) is 59.3 Å². The van der Waals surface area contributed by atoms with E-state index in [9.17, 15) is 0 Å². The Morgan fingerprint density at radius 1 is 0.938 bits per heavy atom. The Morgan fingerprint density at radius 2 is 1.69 bits per heavy atom. The minimum Gasteiger partial charge on any atom is -0.123 e. The van der Waals surface area contributed by atoms with Crippen LogP contribution in [0.3, 0.4) is 0 Å². The molecule has 0 radical (unpaired) electrons. The zero-order valence-electron chi connectivity index (χ0n) is 10.9. The van der Waals surface area contributed by atoms with Gasteiger partial charge in [0.2, 0.25) is 0 Å². The maximum Gasteiger partial charge on any atom is 0.0364 e. The molecule has 0 saturated heterocycles. The minimum atomic E-state index is 0.480. The quantitative estimate of drug-likeness (QED) is 0.531. The van der Waals surface area contributed by atoms with Gasteiger partial charge in [0.1, 0.15) is 0 Å². The average Bonchev–Trinajstić information content (AvgIpc) is 2.29. The van der Waals surface area contributed by atoms with Crippen molar-refractivity contribution in [2.45, 2.75) is 64.7 Å². The van der Waals surface area contributed by atoms with Crippen LogP contribution < -0.4 is 0 Å². The van der Waals surface area contributed by atoms with Crippen molar-refractivity contribution in [3.63, 3.8) is 0 Å². The van der Waals surface area contributed by atoms with E-state index in [4.69, 9.17) is 11.6 Å². The lowest BCUT2D eigenvalue weighted by Crippen LogP contribution is -2.51. The predicted octanol–water partition coefficient (Wildman–Crippen LogP) is 4.86. The van der Waals surface area contributed by atoms with Gasteiger partial charge in [-0.25, -0.2) is 0 Å². The molecule has 3 fully saturated rings. The molecule has 16 heavy (non-hydrogen) atoms. The van der Waals surface area contributed by atoms with Crippen molar-refractivity contribution < 1.29 is 0 Å². The zero-order chi connectivity index (χ0) is 11.6. The summed E-state index contributed by atoms with van der Waals surface area (Å²) in [6, 6.07) is 0. The highest BCUT2D eigenvalue weighted by atomic mass is 35.5. The summed E-state index contributed by atoms with van der Waals surface area (Å²) in [5.74, 6) is 2.82. The highest BCUT2D eigenvalue weighted by molar-refractivity contribution is 6.20. The third kappa shape index (κ3) is 1.48. The predicted molar refractivity (Wildman–Crippen MR) is 69.7 cm³/mol. The van der Waals surface area contributed by atoms with Crippen molar-refractivity contribution in [3.8, 4) is 0 Å². The molecular weight excluding hydrogens is 216 g/mol. The van der Waals surface area contributed by atoms with Crippen LogP contribution in [0.15, 0.2) is 0 Å². The van der Waals surface area contributed by atoms with Crippen molar-refractivity contribution in [1.29, 1.82) is 0 Å². The van der Waals surface area contributed by atoms with Crippen molar-refractivity contribution in [2.24, 2.45) is 28.6 Å². The summed E-state index contributed by atoms with van der Waals surface area (Å²) in [6.07, 6.45) is 8.38. The largest absolute Gasteiger partial charge is 0.123 e. The molecule has 0 nitrogen and oxygen atoms in total. The monoisotopic (exact) mass is 240 g/mol. The molecule has 0 aromatic heterocycles. The standard InChI is InChI=1S/C15H25Cl/c1-14(2)9-12-11(14)5-4-10-8-15(12,3)7-6-13(10)16/h10-13H,4-9H2,1-3H3/t10-,11+,12-,13-,15-/m0/s1. The third-order valence-corrected chi connectivity index (χ3v) is 6.78. The van der Waals surface area contributed by atoms with Gasteiger partial charge in [-0.2, -0.15) is 0 Å². The van der Waals surface area contributed by atoms with Crippen molar-refractivity contribution in [3.05, 3.63) is 0 Å². The van der Waals surface area contributed by atoms with E-state index in [0.717, 1.165) is 17.8 Å². The van der Waals surface area contributed by atoms with Crippen molar-refractivity contribution in [1.82, 2.24) is 0 Å². The first-order chi connectivity index (χ1) is 7.42. The molecule has 0 aliphatic heterocycles. The van der Waals surface area contributed by atoms with Gasteiger partial charge in [0.05, 0.1) is 0 Å². The fourth-order valence-corrected chi connectivity index (χ4v) is 5.44. The molecule has 3 rings (SSSR count). The van der Waals surface area contributed by atoms with Crippen LogP contribution in [0.25, 0.3) is 0 Å². The molecule has 0 heterocycles. The summed E-state index contributed by atoms with van der Waals surface area (Å²) >= 11 is 6.50. The second-order valence-corrected chi connectivity index (χ2v) is 8.22. The lowest BCUT2D eigenvalue weighted by atomic mass is 9.46. The number of hydrogen-bond acceptors (Lipinski definition) is 0. The molecule has 1 heteroatoms. The van der Waals surface area contributed by atoms with Crippen LogP contribution in [0, 0.1) is 28.6 Å². The Balaban J connectivity index is 1.87. The summed E-state index contributed by atoms with van der Waals surface area (Å²) in [6.45, 7) is 7.51. The molecule has 3 saturated carbocycles. The molecule has 0 amide bonds. The fourth-order valence-electron chi connectivity index (χ4n) is 5.11. The smallest absolute Gasteiger partial charge is 0.0364 e. The van der Waals surface area contributed by atoms with Crippen LogP contribution in [-0.2, 0) is 0 Å². The molecular formula is C15H25Cl. The summed E-state index contributed by atoms with van der Waals surface area (Å²) in [4.78, 5) is 0. The lowest BCUT2D eigenvalue weighted by molar-refractivity contribution is -0.0915. The van der Waals surface area contributed by atoms with Crippen LogP contribution in [0.4, 0.5) is 0 Å². The van der Waals surface area contributed by atoms with E-state index in [1.54, 1.807) is 0 Å². The van der Waals surface area contributed by atoms with E-state index in [1.807, 2.05) is 0 Å². The highest BCUT2D eigenvalue weighted by Gasteiger charge is 2.57. The maximum atomic E-state index is 6.50. The number of fused-ring (bicyclic) bond motifs is 4.